The molecule has 0 aliphatic carbocycles. The van der Waals surface area contributed by atoms with Gasteiger partial charge in [0.05, 0.1) is 42.3 Å². The van der Waals surface area contributed by atoms with E-state index < -0.39 is 31.0 Å². The number of oxime groups is 1. The summed E-state index contributed by atoms with van der Waals surface area (Å²) in [5.41, 5.74) is 0.678. The lowest BCUT2D eigenvalue weighted by molar-refractivity contribution is -0.139. The van der Waals surface area contributed by atoms with Gasteiger partial charge in [0.1, 0.15) is 0 Å². The zero-order valence-corrected chi connectivity index (χ0v) is 16.7. The summed E-state index contributed by atoms with van der Waals surface area (Å²) in [7, 11) is -1.43. The SMILES string of the molecule is O=C(O)C[C@H]1COC[C@H](NC(=O)C(=NOCc2ccccn2)c2cccs2)B(O)O1. The Labute approximate surface area is 176 Å². The summed E-state index contributed by atoms with van der Waals surface area (Å²) in [5.74, 6) is -2.57. The van der Waals surface area contributed by atoms with Crippen molar-refractivity contribution < 1.29 is 33.9 Å². The Morgan fingerprint density at radius 1 is 1.33 bits per heavy atom. The summed E-state index contributed by atoms with van der Waals surface area (Å²) in [6.07, 6.45) is 0.494. The van der Waals surface area contributed by atoms with Gasteiger partial charge in [-0.1, -0.05) is 17.3 Å². The fraction of sp³-hybridized carbons (Fsp3) is 0.333. The van der Waals surface area contributed by atoms with Gasteiger partial charge in [-0.25, -0.2) is 0 Å². The molecule has 0 aromatic carbocycles. The highest BCUT2D eigenvalue weighted by Gasteiger charge is 2.36. The molecule has 0 spiro atoms. The summed E-state index contributed by atoms with van der Waals surface area (Å²) >= 11 is 1.30. The molecular weight excluding hydrogens is 413 g/mol. The molecule has 2 aromatic heterocycles. The van der Waals surface area contributed by atoms with Crippen molar-refractivity contribution in [3.8, 4) is 0 Å². The van der Waals surface area contributed by atoms with Gasteiger partial charge in [0.25, 0.3) is 5.91 Å². The first kappa shape index (κ1) is 21.9. The van der Waals surface area contributed by atoms with Crippen molar-refractivity contribution in [2.45, 2.75) is 25.1 Å². The Bertz CT molecular complexity index is 866. The number of ether oxygens (including phenoxy) is 1. The molecule has 2 atom stereocenters. The summed E-state index contributed by atoms with van der Waals surface area (Å²) in [5, 5.41) is 27.5. The van der Waals surface area contributed by atoms with E-state index in [1.165, 1.54) is 11.3 Å². The fourth-order valence-electron chi connectivity index (χ4n) is 2.65. The van der Waals surface area contributed by atoms with Gasteiger partial charge in [-0.15, -0.1) is 11.3 Å². The first-order chi connectivity index (χ1) is 14.5. The molecule has 3 heterocycles. The number of hydrogen-bond donors (Lipinski definition) is 3. The molecule has 1 saturated heterocycles. The minimum atomic E-state index is -1.43. The van der Waals surface area contributed by atoms with E-state index in [9.17, 15) is 14.6 Å². The number of carbonyl (C=O) groups is 2. The number of rotatable bonds is 8. The fourth-order valence-corrected chi connectivity index (χ4v) is 3.35. The molecule has 30 heavy (non-hydrogen) atoms. The van der Waals surface area contributed by atoms with E-state index in [-0.39, 0.29) is 32.0 Å². The molecule has 10 nitrogen and oxygen atoms in total. The second-order valence-electron chi connectivity index (χ2n) is 6.38. The Morgan fingerprint density at radius 2 is 2.20 bits per heavy atom. The van der Waals surface area contributed by atoms with Crippen LogP contribution in [0.1, 0.15) is 17.0 Å². The maximum absolute atomic E-state index is 12.8. The van der Waals surface area contributed by atoms with Crippen LogP contribution >= 0.6 is 11.3 Å². The molecule has 1 amide bonds. The molecule has 0 radical (unpaired) electrons. The molecule has 1 aliphatic rings. The lowest BCUT2D eigenvalue weighted by Crippen LogP contribution is -2.52. The van der Waals surface area contributed by atoms with Crippen LogP contribution in [0.15, 0.2) is 47.1 Å². The van der Waals surface area contributed by atoms with Crippen molar-refractivity contribution in [1.82, 2.24) is 10.3 Å². The van der Waals surface area contributed by atoms with Crippen LogP contribution in [0.5, 0.6) is 0 Å². The van der Waals surface area contributed by atoms with E-state index in [0.717, 1.165) is 0 Å². The van der Waals surface area contributed by atoms with E-state index >= 15 is 0 Å². The summed E-state index contributed by atoms with van der Waals surface area (Å²) in [6, 6.07) is 8.84. The van der Waals surface area contributed by atoms with Gasteiger partial charge < -0.3 is 29.7 Å². The predicted octanol–water partition coefficient (Wildman–Crippen LogP) is 0.459. The topological polar surface area (TPSA) is 140 Å². The lowest BCUT2D eigenvalue weighted by atomic mass is 9.79. The molecule has 3 rings (SSSR count). The molecular formula is C18H20BN3O7S. The van der Waals surface area contributed by atoms with Crippen molar-refractivity contribution in [2.24, 2.45) is 5.16 Å². The second-order valence-corrected chi connectivity index (χ2v) is 7.32. The number of thiophene rings is 1. The maximum Gasteiger partial charge on any atom is 0.480 e. The van der Waals surface area contributed by atoms with E-state index in [4.69, 9.17) is 19.3 Å². The van der Waals surface area contributed by atoms with Crippen molar-refractivity contribution in [1.29, 1.82) is 0 Å². The quantitative estimate of drug-likeness (QED) is 0.310. The van der Waals surface area contributed by atoms with E-state index in [2.05, 4.69) is 15.5 Å². The van der Waals surface area contributed by atoms with Crippen molar-refractivity contribution >= 4 is 36.0 Å². The Balaban J connectivity index is 1.66. The number of carboxylic acid groups (broad SMARTS) is 1. The van der Waals surface area contributed by atoms with Crippen LogP contribution in [0.4, 0.5) is 0 Å². The monoisotopic (exact) mass is 433 g/mol. The third-order valence-electron chi connectivity index (χ3n) is 4.06. The lowest BCUT2D eigenvalue weighted by Gasteiger charge is -2.19. The van der Waals surface area contributed by atoms with Crippen molar-refractivity contribution in [2.75, 3.05) is 13.2 Å². The number of pyridine rings is 1. The van der Waals surface area contributed by atoms with Crippen LogP contribution < -0.4 is 5.32 Å². The van der Waals surface area contributed by atoms with Crippen molar-refractivity contribution in [3.63, 3.8) is 0 Å². The number of carboxylic acids is 1. The Kier molecular flexibility index (Phi) is 7.91. The van der Waals surface area contributed by atoms with E-state index in [0.29, 0.717) is 10.6 Å². The first-order valence-corrected chi connectivity index (χ1v) is 9.98. The second kappa shape index (κ2) is 10.8. The molecule has 158 valence electrons. The Morgan fingerprint density at radius 3 is 2.90 bits per heavy atom. The number of amides is 1. The standard InChI is InChI=1S/C18H20BN3O7S/c23-16(24)8-13-10-27-11-15(19(26)29-13)21-18(25)17(14-5-3-7-30-14)22-28-9-12-4-1-2-6-20-12/h1-7,13,15,26H,8-11H2,(H,21,25)(H,23,24)/t13-,15-/m0/s1. The van der Waals surface area contributed by atoms with Crippen molar-refractivity contribution in [3.05, 3.63) is 52.5 Å². The van der Waals surface area contributed by atoms with Gasteiger partial charge >= 0.3 is 13.1 Å². The first-order valence-electron chi connectivity index (χ1n) is 9.10. The number of hydrogen-bond acceptors (Lipinski definition) is 9. The van der Waals surface area contributed by atoms with Gasteiger partial charge in [-0.05, 0) is 23.6 Å². The van der Waals surface area contributed by atoms with Crippen LogP contribution in [-0.2, 0) is 30.4 Å². The molecule has 0 bridgehead atoms. The summed E-state index contributed by atoms with van der Waals surface area (Å²) in [6.45, 7) is 0.0302. The number of aromatic nitrogens is 1. The molecule has 0 saturated carbocycles. The van der Waals surface area contributed by atoms with Crippen LogP contribution in [0.2, 0.25) is 0 Å². The molecule has 0 unspecified atom stereocenters. The molecule has 12 heteroatoms. The third-order valence-corrected chi connectivity index (χ3v) is 4.94. The minimum Gasteiger partial charge on any atom is -0.481 e. The van der Waals surface area contributed by atoms with E-state index in [1.54, 1.807) is 35.8 Å². The maximum atomic E-state index is 12.8. The van der Waals surface area contributed by atoms with E-state index in [1.807, 2.05) is 6.07 Å². The normalized spacial score (nSPS) is 19.8. The predicted molar refractivity (Wildman–Crippen MR) is 108 cm³/mol. The van der Waals surface area contributed by atoms with Crippen LogP contribution in [0, 0.1) is 0 Å². The average Bonchev–Trinajstić information content (AvgIpc) is 3.19. The van der Waals surface area contributed by atoms with Gasteiger partial charge in [0, 0.05) is 6.20 Å². The van der Waals surface area contributed by atoms with Crippen LogP contribution in [0.3, 0.4) is 0 Å². The minimum absolute atomic E-state index is 0.00517. The van der Waals surface area contributed by atoms with Crippen LogP contribution in [0.25, 0.3) is 0 Å². The molecule has 1 aliphatic heterocycles. The summed E-state index contributed by atoms with van der Waals surface area (Å²) < 4.78 is 10.7. The smallest absolute Gasteiger partial charge is 0.480 e. The number of nitrogens with zero attached hydrogens (tertiary/aromatic N) is 2. The third kappa shape index (κ3) is 6.35. The molecule has 1 fully saturated rings. The number of nitrogens with one attached hydrogen (secondary N) is 1. The highest BCUT2D eigenvalue weighted by atomic mass is 32.1. The zero-order chi connectivity index (χ0) is 21.3. The Hall–Kier alpha value is -2.80. The summed E-state index contributed by atoms with van der Waals surface area (Å²) in [4.78, 5) is 33.7. The highest BCUT2D eigenvalue weighted by Crippen LogP contribution is 2.13. The van der Waals surface area contributed by atoms with Gasteiger partial charge in [0.15, 0.2) is 12.3 Å². The molecule has 3 N–H and O–H groups in total. The highest BCUT2D eigenvalue weighted by molar-refractivity contribution is 7.13. The largest absolute Gasteiger partial charge is 0.481 e. The molecule has 2 aromatic rings. The van der Waals surface area contributed by atoms with Gasteiger partial charge in [-0.2, -0.15) is 0 Å². The average molecular weight is 433 g/mol. The number of carbonyl (C=O) groups excluding carboxylic acids is 1. The van der Waals surface area contributed by atoms with Gasteiger partial charge in [0.2, 0.25) is 0 Å². The zero-order valence-electron chi connectivity index (χ0n) is 15.8. The van der Waals surface area contributed by atoms with Crippen LogP contribution in [-0.4, -0.2) is 65.1 Å². The van der Waals surface area contributed by atoms with Gasteiger partial charge in [-0.3, -0.25) is 14.6 Å². The number of aliphatic carboxylic acids is 1.